The van der Waals surface area contributed by atoms with Crippen LogP contribution < -0.4 is 4.90 Å². The monoisotopic (exact) mass is 247 g/mol. The number of amides is 1. The molecule has 1 N–H and O–H groups in total. The summed E-state index contributed by atoms with van der Waals surface area (Å²) in [5.74, 6) is -0.136. The third-order valence-corrected chi connectivity index (χ3v) is 5.09. The summed E-state index contributed by atoms with van der Waals surface area (Å²) in [7, 11) is -1.15. The van der Waals surface area contributed by atoms with Crippen LogP contribution in [0, 0.1) is 11.7 Å². The van der Waals surface area contributed by atoms with Crippen LogP contribution in [0.25, 0.3) is 0 Å². The van der Waals surface area contributed by atoms with Gasteiger partial charge in [0, 0.05) is 20.2 Å². The first-order valence-electron chi connectivity index (χ1n) is 4.19. The van der Waals surface area contributed by atoms with Crippen molar-refractivity contribution >= 4 is 32.1 Å². The number of carbonyl (C=O) groups is 1. The lowest BCUT2D eigenvalue weighted by Gasteiger charge is -2.09. The molecule has 0 saturated heterocycles. The zero-order chi connectivity index (χ0) is 11.8. The molecule has 1 aromatic rings. The van der Waals surface area contributed by atoms with Crippen molar-refractivity contribution in [1.82, 2.24) is 4.98 Å². The van der Waals surface area contributed by atoms with Crippen LogP contribution in [0.5, 0.6) is 0 Å². The van der Waals surface area contributed by atoms with Crippen molar-refractivity contribution in [2.75, 3.05) is 18.2 Å². The zero-order valence-electron chi connectivity index (χ0n) is 9.03. The number of aromatic nitrogens is 1. The van der Waals surface area contributed by atoms with E-state index in [2.05, 4.69) is 4.98 Å². The molecule has 0 aliphatic rings. The van der Waals surface area contributed by atoms with Gasteiger partial charge in [-0.2, -0.15) is 0 Å². The van der Waals surface area contributed by atoms with Gasteiger partial charge in [0.2, 0.25) is 5.91 Å². The van der Waals surface area contributed by atoms with E-state index in [1.54, 1.807) is 14.0 Å². The quantitative estimate of drug-likeness (QED) is 0.860. The molecule has 0 saturated carbocycles. The SMILES string of the molecule is CC(=O)N(C)c1nc(C)c(S(C)(=N)=O)s1. The maximum absolute atomic E-state index is 11.5. The summed E-state index contributed by atoms with van der Waals surface area (Å²) in [6.45, 7) is 3.13. The van der Waals surface area contributed by atoms with E-state index >= 15 is 0 Å². The van der Waals surface area contributed by atoms with Gasteiger partial charge in [0.15, 0.2) is 5.13 Å². The second-order valence-electron chi connectivity index (χ2n) is 3.29. The number of nitrogens with zero attached hydrogens (tertiary/aromatic N) is 2. The van der Waals surface area contributed by atoms with Gasteiger partial charge in [-0.15, -0.1) is 0 Å². The van der Waals surface area contributed by atoms with E-state index in [0.29, 0.717) is 15.0 Å². The van der Waals surface area contributed by atoms with Crippen LogP contribution in [0.2, 0.25) is 0 Å². The van der Waals surface area contributed by atoms with E-state index in [9.17, 15) is 9.00 Å². The Kier molecular flexibility index (Phi) is 3.15. The van der Waals surface area contributed by atoms with Crippen molar-refractivity contribution in [2.45, 2.75) is 18.1 Å². The Morgan fingerprint density at radius 1 is 1.60 bits per heavy atom. The Morgan fingerprint density at radius 3 is 2.47 bits per heavy atom. The minimum absolute atomic E-state index is 0.136. The molecule has 0 spiro atoms. The highest BCUT2D eigenvalue weighted by atomic mass is 32.2. The van der Waals surface area contributed by atoms with Gasteiger partial charge in [-0.25, -0.2) is 14.0 Å². The highest BCUT2D eigenvalue weighted by molar-refractivity contribution is 7.93. The fourth-order valence-electron chi connectivity index (χ4n) is 1.01. The van der Waals surface area contributed by atoms with E-state index < -0.39 is 9.73 Å². The molecule has 0 bridgehead atoms. The van der Waals surface area contributed by atoms with E-state index in [1.807, 2.05) is 0 Å². The number of aryl methyl sites for hydroxylation is 1. The maximum atomic E-state index is 11.5. The minimum atomic E-state index is -2.75. The van der Waals surface area contributed by atoms with Crippen LogP contribution in [0.3, 0.4) is 0 Å². The fourth-order valence-corrected chi connectivity index (χ4v) is 3.28. The Labute approximate surface area is 93.1 Å². The van der Waals surface area contributed by atoms with Gasteiger partial charge < -0.3 is 0 Å². The summed E-state index contributed by atoms with van der Waals surface area (Å²) >= 11 is 1.13. The van der Waals surface area contributed by atoms with E-state index in [0.717, 1.165) is 11.3 Å². The molecule has 5 nitrogen and oxygen atoms in total. The van der Waals surface area contributed by atoms with Gasteiger partial charge in [-0.1, -0.05) is 11.3 Å². The van der Waals surface area contributed by atoms with Crippen molar-refractivity contribution < 1.29 is 9.00 Å². The minimum Gasteiger partial charge on any atom is -0.291 e. The van der Waals surface area contributed by atoms with E-state index in [4.69, 9.17) is 4.78 Å². The van der Waals surface area contributed by atoms with Crippen LogP contribution in [0.1, 0.15) is 12.6 Å². The normalized spacial score (nSPS) is 14.7. The molecule has 7 heteroatoms. The molecule has 84 valence electrons. The Balaban J connectivity index is 3.23. The molecule has 0 aliphatic heterocycles. The van der Waals surface area contributed by atoms with Gasteiger partial charge in [-0.05, 0) is 6.92 Å². The lowest BCUT2D eigenvalue weighted by Crippen LogP contribution is -2.22. The van der Waals surface area contributed by atoms with Crippen molar-refractivity contribution in [1.29, 1.82) is 4.78 Å². The summed E-state index contributed by atoms with van der Waals surface area (Å²) in [5, 5.41) is 0.483. The van der Waals surface area contributed by atoms with Crippen LogP contribution in [0.4, 0.5) is 5.13 Å². The van der Waals surface area contributed by atoms with Gasteiger partial charge in [0.1, 0.15) is 4.21 Å². The maximum Gasteiger partial charge on any atom is 0.225 e. The number of nitrogens with one attached hydrogen (secondary N) is 1. The molecule has 0 aliphatic carbocycles. The highest BCUT2D eigenvalue weighted by Gasteiger charge is 2.17. The standard InChI is InChI=1S/C8H13N3O2S2/c1-5-7(15(4,9)13)14-8(10-5)11(3)6(2)12/h9H,1-4H3. The summed E-state index contributed by atoms with van der Waals surface area (Å²) in [6, 6.07) is 0. The summed E-state index contributed by atoms with van der Waals surface area (Å²) in [6.07, 6.45) is 1.35. The van der Waals surface area contributed by atoms with Crippen molar-refractivity contribution in [3.8, 4) is 0 Å². The molecule has 1 atom stereocenters. The van der Waals surface area contributed by atoms with Crippen LogP contribution in [-0.4, -0.2) is 28.4 Å². The lowest BCUT2D eigenvalue weighted by molar-refractivity contribution is -0.116. The van der Waals surface area contributed by atoms with Gasteiger partial charge in [0.05, 0.1) is 15.4 Å². The summed E-state index contributed by atoms with van der Waals surface area (Å²) in [5.41, 5.74) is 0.561. The van der Waals surface area contributed by atoms with Crippen molar-refractivity contribution in [3.05, 3.63) is 5.69 Å². The van der Waals surface area contributed by atoms with Crippen molar-refractivity contribution in [3.63, 3.8) is 0 Å². The fraction of sp³-hybridized carbons (Fsp3) is 0.500. The number of anilines is 1. The average molecular weight is 247 g/mol. The smallest absolute Gasteiger partial charge is 0.225 e. The molecular weight excluding hydrogens is 234 g/mol. The molecule has 1 aromatic heterocycles. The molecule has 1 unspecified atom stereocenters. The molecular formula is C8H13N3O2S2. The molecule has 0 fully saturated rings. The number of carbonyl (C=O) groups excluding carboxylic acids is 1. The van der Waals surface area contributed by atoms with Gasteiger partial charge in [-0.3, -0.25) is 9.69 Å². The summed E-state index contributed by atoms with van der Waals surface area (Å²) < 4.78 is 19.5. The van der Waals surface area contributed by atoms with Crippen LogP contribution in [-0.2, 0) is 14.5 Å². The molecule has 1 heterocycles. The van der Waals surface area contributed by atoms with Crippen molar-refractivity contribution in [2.24, 2.45) is 0 Å². The van der Waals surface area contributed by atoms with Crippen LogP contribution >= 0.6 is 11.3 Å². The third-order valence-electron chi connectivity index (χ3n) is 1.86. The number of thiazole rings is 1. The lowest BCUT2D eigenvalue weighted by atomic mass is 10.6. The first-order chi connectivity index (χ1) is 6.73. The van der Waals surface area contributed by atoms with E-state index in [-0.39, 0.29) is 5.91 Å². The molecule has 1 amide bonds. The predicted octanol–water partition coefficient (Wildman–Crippen LogP) is 1.47. The molecule has 0 radical (unpaired) electrons. The topological polar surface area (TPSA) is 74.1 Å². The Bertz CT molecular complexity index is 490. The molecule has 0 aromatic carbocycles. The Hall–Kier alpha value is -0.950. The first-order valence-corrected chi connectivity index (χ1v) is 6.97. The molecule has 1 rings (SSSR count). The predicted molar refractivity (Wildman–Crippen MR) is 61.0 cm³/mol. The Morgan fingerprint density at radius 2 is 2.13 bits per heavy atom. The number of hydrogen-bond acceptors (Lipinski definition) is 5. The van der Waals surface area contributed by atoms with E-state index in [1.165, 1.54) is 18.1 Å². The average Bonchev–Trinajstić information content (AvgIpc) is 2.44. The third kappa shape index (κ3) is 2.54. The second-order valence-corrected chi connectivity index (χ2v) is 6.62. The largest absolute Gasteiger partial charge is 0.291 e. The van der Waals surface area contributed by atoms with Gasteiger partial charge >= 0.3 is 0 Å². The highest BCUT2D eigenvalue weighted by Crippen LogP contribution is 2.29. The first kappa shape index (κ1) is 12.1. The molecule has 15 heavy (non-hydrogen) atoms. The number of rotatable bonds is 2. The van der Waals surface area contributed by atoms with Gasteiger partial charge in [0.25, 0.3) is 0 Å². The second kappa shape index (κ2) is 3.90. The summed E-state index contributed by atoms with van der Waals surface area (Å²) in [4.78, 5) is 16.6. The zero-order valence-corrected chi connectivity index (χ0v) is 10.7. The number of hydrogen-bond donors (Lipinski definition) is 1. The van der Waals surface area contributed by atoms with Crippen LogP contribution in [0.15, 0.2) is 4.21 Å².